The second-order valence-corrected chi connectivity index (χ2v) is 5.85. The van der Waals surface area contributed by atoms with Crippen molar-refractivity contribution in [3.8, 4) is 0 Å². The van der Waals surface area contributed by atoms with E-state index in [1.165, 1.54) is 5.56 Å². The molecule has 0 amide bonds. The lowest BCUT2D eigenvalue weighted by Gasteiger charge is -2.30. The minimum atomic E-state index is 0.0877. The summed E-state index contributed by atoms with van der Waals surface area (Å²) in [5.74, 6) is 0. The zero-order valence-electron chi connectivity index (χ0n) is 12.1. The predicted octanol–water partition coefficient (Wildman–Crippen LogP) is 2.10. The van der Waals surface area contributed by atoms with E-state index in [0.717, 1.165) is 32.4 Å². The first-order chi connectivity index (χ1) is 9.10. The van der Waals surface area contributed by atoms with E-state index in [2.05, 4.69) is 43.4 Å². The van der Waals surface area contributed by atoms with Gasteiger partial charge in [0.25, 0.3) is 0 Å². The van der Waals surface area contributed by atoms with E-state index in [1.54, 1.807) is 0 Å². The van der Waals surface area contributed by atoms with Crippen LogP contribution in [0.1, 0.15) is 32.3 Å². The van der Waals surface area contributed by atoms with Crippen molar-refractivity contribution in [3.63, 3.8) is 0 Å². The van der Waals surface area contributed by atoms with Crippen LogP contribution in [0.25, 0.3) is 0 Å². The number of rotatable bonds is 6. The Morgan fingerprint density at radius 1 is 1.42 bits per heavy atom. The highest BCUT2D eigenvalue weighted by Crippen LogP contribution is 2.24. The fourth-order valence-electron chi connectivity index (χ4n) is 2.53. The molecule has 0 aliphatic carbocycles. The van der Waals surface area contributed by atoms with E-state index in [0.29, 0.717) is 0 Å². The molecule has 1 aromatic carbocycles. The average molecular weight is 262 g/mol. The third-order valence-corrected chi connectivity index (χ3v) is 4.30. The minimum Gasteiger partial charge on any atom is -0.377 e. The maximum atomic E-state index is 6.20. The highest BCUT2D eigenvalue weighted by atomic mass is 16.5. The zero-order chi connectivity index (χ0) is 13.7. The number of nitrogens with one attached hydrogen (secondary N) is 1. The van der Waals surface area contributed by atoms with Crippen molar-refractivity contribution in [2.45, 2.75) is 50.8 Å². The first-order valence-corrected chi connectivity index (χ1v) is 7.26. The number of nitrogens with two attached hydrogens (primary N) is 1. The topological polar surface area (TPSA) is 47.3 Å². The first-order valence-electron chi connectivity index (χ1n) is 7.26. The summed E-state index contributed by atoms with van der Waals surface area (Å²) in [5, 5.41) is 3.59. The van der Waals surface area contributed by atoms with Crippen molar-refractivity contribution < 1.29 is 4.74 Å². The molecule has 0 radical (unpaired) electrons. The molecule has 1 aliphatic rings. The Labute approximate surface area is 116 Å². The van der Waals surface area contributed by atoms with Crippen molar-refractivity contribution >= 4 is 0 Å². The number of aryl methyl sites for hydroxylation is 1. The number of ether oxygens (including phenoxy) is 1. The van der Waals surface area contributed by atoms with Crippen LogP contribution >= 0.6 is 0 Å². The standard InChI is InChI=1S/C16H26N2O/c1-13-16(2,10-11-19-13)18-12-15(17)9-8-14-6-4-3-5-7-14/h3-7,13,15,18H,8-12,17H2,1-2H3. The summed E-state index contributed by atoms with van der Waals surface area (Å²) in [4.78, 5) is 0. The SMILES string of the molecule is CC1OCCC1(C)NCC(N)CCc1ccccc1. The third-order valence-electron chi connectivity index (χ3n) is 4.30. The Balaban J connectivity index is 1.71. The highest BCUT2D eigenvalue weighted by Gasteiger charge is 2.36. The van der Waals surface area contributed by atoms with Gasteiger partial charge in [0.15, 0.2) is 0 Å². The predicted molar refractivity (Wildman–Crippen MR) is 79.2 cm³/mol. The molecule has 0 aromatic heterocycles. The molecule has 3 unspecified atom stereocenters. The lowest BCUT2D eigenvalue weighted by atomic mass is 9.94. The molecule has 2 rings (SSSR count). The summed E-state index contributed by atoms with van der Waals surface area (Å²) in [7, 11) is 0. The second kappa shape index (κ2) is 6.51. The monoisotopic (exact) mass is 262 g/mol. The van der Waals surface area contributed by atoms with Gasteiger partial charge in [-0.2, -0.15) is 0 Å². The summed E-state index contributed by atoms with van der Waals surface area (Å²) >= 11 is 0. The Hall–Kier alpha value is -0.900. The molecule has 3 N–H and O–H groups in total. The summed E-state index contributed by atoms with van der Waals surface area (Å²) in [6.45, 7) is 6.07. The number of hydrogen-bond donors (Lipinski definition) is 2. The van der Waals surface area contributed by atoms with Crippen LogP contribution in [-0.2, 0) is 11.2 Å². The van der Waals surface area contributed by atoms with Crippen molar-refractivity contribution in [1.82, 2.24) is 5.32 Å². The molecule has 0 saturated carbocycles. The molecule has 0 bridgehead atoms. The molecule has 3 heteroatoms. The van der Waals surface area contributed by atoms with Gasteiger partial charge >= 0.3 is 0 Å². The van der Waals surface area contributed by atoms with Crippen LogP contribution in [0.5, 0.6) is 0 Å². The molecule has 3 atom stereocenters. The van der Waals surface area contributed by atoms with E-state index >= 15 is 0 Å². The first kappa shape index (κ1) is 14.5. The Morgan fingerprint density at radius 3 is 2.79 bits per heavy atom. The van der Waals surface area contributed by atoms with Crippen LogP contribution in [0.4, 0.5) is 0 Å². The van der Waals surface area contributed by atoms with Crippen LogP contribution in [0.2, 0.25) is 0 Å². The van der Waals surface area contributed by atoms with Gasteiger partial charge in [-0.25, -0.2) is 0 Å². The average Bonchev–Trinajstić information content (AvgIpc) is 2.76. The van der Waals surface area contributed by atoms with Crippen molar-refractivity contribution in [1.29, 1.82) is 0 Å². The van der Waals surface area contributed by atoms with E-state index in [1.807, 2.05) is 6.07 Å². The van der Waals surface area contributed by atoms with Gasteiger partial charge < -0.3 is 15.8 Å². The molecule has 1 heterocycles. The maximum Gasteiger partial charge on any atom is 0.0726 e. The normalized spacial score (nSPS) is 28.5. The van der Waals surface area contributed by atoms with Crippen LogP contribution in [0.15, 0.2) is 30.3 Å². The molecule has 1 aromatic rings. The van der Waals surface area contributed by atoms with Crippen LogP contribution < -0.4 is 11.1 Å². The fraction of sp³-hybridized carbons (Fsp3) is 0.625. The summed E-state index contributed by atoms with van der Waals surface area (Å²) in [6, 6.07) is 10.7. The number of hydrogen-bond acceptors (Lipinski definition) is 3. The van der Waals surface area contributed by atoms with E-state index in [4.69, 9.17) is 10.5 Å². The molecule has 1 fully saturated rings. The largest absolute Gasteiger partial charge is 0.377 e. The number of benzene rings is 1. The molecule has 106 valence electrons. The third kappa shape index (κ3) is 4.03. The van der Waals surface area contributed by atoms with E-state index in [-0.39, 0.29) is 17.7 Å². The van der Waals surface area contributed by atoms with Crippen LogP contribution in [-0.4, -0.2) is 30.8 Å². The van der Waals surface area contributed by atoms with E-state index < -0.39 is 0 Å². The van der Waals surface area contributed by atoms with Gasteiger partial charge in [-0.15, -0.1) is 0 Å². The Morgan fingerprint density at radius 2 is 2.16 bits per heavy atom. The molecule has 1 aliphatic heterocycles. The molecule has 19 heavy (non-hydrogen) atoms. The van der Waals surface area contributed by atoms with Crippen molar-refractivity contribution in [3.05, 3.63) is 35.9 Å². The summed E-state index contributed by atoms with van der Waals surface area (Å²) in [6.07, 6.45) is 3.41. The smallest absolute Gasteiger partial charge is 0.0726 e. The van der Waals surface area contributed by atoms with Gasteiger partial charge in [0.2, 0.25) is 0 Å². The van der Waals surface area contributed by atoms with Gasteiger partial charge in [0.05, 0.1) is 6.10 Å². The molecular weight excluding hydrogens is 236 g/mol. The van der Waals surface area contributed by atoms with Gasteiger partial charge in [-0.05, 0) is 38.7 Å². The fourth-order valence-corrected chi connectivity index (χ4v) is 2.53. The zero-order valence-corrected chi connectivity index (χ0v) is 12.1. The molecular formula is C16H26N2O. The molecule has 1 saturated heterocycles. The molecule has 0 spiro atoms. The quantitative estimate of drug-likeness (QED) is 0.825. The van der Waals surface area contributed by atoms with Gasteiger partial charge in [-0.3, -0.25) is 0 Å². The van der Waals surface area contributed by atoms with Gasteiger partial charge in [-0.1, -0.05) is 30.3 Å². The van der Waals surface area contributed by atoms with Gasteiger partial charge in [0.1, 0.15) is 0 Å². The van der Waals surface area contributed by atoms with Crippen LogP contribution in [0.3, 0.4) is 0 Å². The summed E-state index contributed by atoms with van der Waals surface area (Å²) < 4.78 is 5.63. The van der Waals surface area contributed by atoms with Crippen LogP contribution in [0, 0.1) is 0 Å². The minimum absolute atomic E-state index is 0.0877. The second-order valence-electron chi connectivity index (χ2n) is 5.85. The highest BCUT2D eigenvalue weighted by molar-refractivity contribution is 5.14. The summed E-state index contributed by atoms with van der Waals surface area (Å²) in [5.41, 5.74) is 7.65. The Kier molecular flexibility index (Phi) is 4.97. The lowest BCUT2D eigenvalue weighted by molar-refractivity contribution is 0.0881. The maximum absolute atomic E-state index is 6.20. The Bertz CT molecular complexity index is 382. The van der Waals surface area contributed by atoms with Crippen molar-refractivity contribution in [2.75, 3.05) is 13.2 Å². The van der Waals surface area contributed by atoms with Crippen molar-refractivity contribution in [2.24, 2.45) is 5.73 Å². The van der Waals surface area contributed by atoms with E-state index in [9.17, 15) is 0 Å². The molecule has 3 nitrogen and oxygen atoms in total. The lowest BCUT2D eigenvalue weighted by Crippen LogP contribution is -2.51. The van der Waals surface area contributed by atoms with Gasteiger partial charge in [0, 0.05) is 24.7 Å².